The summed E-state index contributed by atoms with van der Waals surface area (Å²) < 4.78 is 12.9. The number of carbonyl (C=O) groups is 1. The molecule has 9 nitrogen and oxygen atoms in total. The molecule has 3 atom stereocenters. The third-order valence-corrected chi connectivity index (χ3v) is 10.3. The molecule has 4 saturated carbocycles. The molecule has 216 valence electrons. The van der Waals surface area contributed by atoms with Crippen LogP contribution < -0.4 is 10.6 Å². The van der Waals surface area contributed by atoms with Crippen molar-refractivity contribution in [2.75, 3.05) is 11.1 Å². The average molecular weight is 576 g/mol. The Morgan fingerprint density at radius 3 is 2.44 bits per heavy atom. The standard InChI is InChI=1S/C31H37N5O4S/c37-16-19-4-6-23(7-5-19)27-12-26(17-41-30-32-18-33-36-30)39-28(40-27)24-2-1-3-25(11-24)34-29(38)35-31-13-20-8-21(14-31)10-22(9-20)15-31/h1-7,11,18,20-22,26-28,37H,8-10,12-17H2,(H,32,33,36)(H2,34,35,38)/t20?,21?,22?,26-,27+,28+,31?/m1/s1. The molecule has 8 rings (SSSR count). The molecule has 2 aromatic carbocycles. The lowest BCUT2D eigenvalue weighted by molar-refractivity contribution is -0.245. The van der Waals surface area contributed by atoms with E-state index in [0.29, 0.717) is 12.2 Å². The van der Waals surface area contributed by atoms with Gasteiger partial charge in [-0.15, -0.1) is 0 Å². The number of benzene rings is 2. The van der Waals surface area contributed by atoms with Crippen LogP contribution in [0, 0.1) is 17.8 Å². The quantitative estimate of drug-likeness (QED) is 0.253. The Labute approximate surface area is 244 Å². The second-order valence-corrected chi connectivity index (χ2v) is 13.4. The monoisotopic (exact) mass is 575 g/mol. The van der Waals surface area contributed by atoms with Crippen LogP contribution in [0.15, 0.2) is 60.0 Å². The molecule has 0 spiro atoms. The molecule has 41 heavy (non-hydrogen) atoms. The third kappa shape index (κ3) is 6.02. The van der Waals surface area contributed by atoms with Crippen molar-refractivity contribution < 1.29 is 19.4 Å². The van der Waals surface area contributed by atoms with Crippen LogP contribution in [-0.4, -0.2) is 43.7 Å². The van der Waals surface area contributed by atoms with Gasteiger partial charge in [0.25, 0.3) is 0 Å². The van der Waals surface area contributed by atoms with E-state index in [2.05, 4.69) is 25.8 Å². The molecule has 3 aromatic rings. The van der Waals surface area contributed by atoms with Gasteiger partial charge in [0.1, 0.15) is 6.33 Å². The molecule has 1 saturated heterocycles. The van der Waals surface area contributed by atoms with Crippen molar-refractivity contribution in [3.63, 3.8) is 0 Å². The van der Waals surface area contributed by atoms with Crippen molar-refractivity contribution in [1.29, 1.82) is 0 Å². The Hall–Kier alpha value is -2.92. The molecular formula is C31H37N5O4S. The Balaban J connectivity index is 1.05. The van der Waals surface area contributed by atoms with Crippen LogP contribution in [0.25, 0.3) is 0 Å². The molecule has 5 aliphatic rings. The van der Waals surface area contributed by atoms with Crippen LogP contribution in [0.1, 0.15) is 74.0 Å². The summed E-state index contributed by atoms with van der Waals surface area (Å²) in [5, 5.41) is 23.5. The highest BCUT2D eigenvalue weighted by Gasteiger charge is 2.51. The number of amides is 2. The fourth-order valence-corrected chi connectivity index (χ4v) is 8.69. The first-order valence-corrected chi connectivity index (χ1v) is 15.7. The number of aliphatic hydroxyl groups excluding tert-OH is 1. The van der Waals surface area contributed by atoms with Gasteiger partial charge in [-0.2, -0.15) is 5.10 Å². The van der Waals surface area contributed by atoms with Gasteiger partial charge >= 0.3 is 6.03 Å². The van der Waals surface area contributed by atoms with Gasteiger partial charge in [0, 0.05) is 29.0 Å². The smallest absolute Gasteiger partial charge is 0.319 e. The predicted molar refractivity (Wildman–Crippen MR) is 155 cm³/mol. The van der Waals surface area contributed by atoms with E-state index in [1.54, 1.807) is 11.8 Å². The highest BCUT2D eigenvalue weighted by molar-refractivity contribution is 7.99. The summed E-state index contributed by atoms with van der Waals surface area (Å²) in [6.07, 6.45) is 8.68. The first kappa shape index (κ1) is 26.9. The number of aromatic nitrogens is 3. The summed E-state index contributed by atoms with van der Waals surface area (Å²) >= 11 is 1.56. The number of rotatable bonds is 8. The van der Waals surface area contributed by atoms with Gasteiger partial charge in [0.2, 0.25) is 0 Å². The number of hydrogen-bond acceptors (Lipinski definition) is 7. The molecule has 10 heteroatoms. The van der Waals surface area contributed by atoms with Gasteiger partial charge in [-0.25, -0.2) is 9.78 Å². The zero-order valence-electron chi connectivity index (χ0n) is 23.0. The molecule has 0 radical (unpaired) electrons. The van der Waals surface area contributed by atoms with Crippen molar-refractivity contribution in [1.82, 2.24) is 20.5 Å². The fourth-order valence-electron chi connectivity index (χ4n) is 7.89. The number of ether oxygens (including phenoxy) is 2. The largest absolute Gasteiger partial charge is 0.392 e. The number of aromatic amines is 1. The van der Waals surface area contributed by atoms with E-state index in [-0.39, 0.29) is 30.4 Å². The summed E-state index contributed by atoms with van der Waals surface area (Å²) in [6.45, 7) is 0.00419. The van der Waals surface area contributed by atoms with Gasteiger partial charge < -0.3 is 25.2 Å². The van der Waals surface area contributed by atoms with Gasteiger partial charge in [0.15, 0.2) is 11.4 Å². The summed E-state index contributed by atoms with van der Waals surface area (Å²) in [7, 11) is 0. The van der Waals surface area contributed by atoms with E-state index in [4.69, 9.17) is 9.47 Å². The van der Waals surface area contributed by atoms with Crippen LogP contribution in [0.3, 0.4) is 0 Å². The minimum absolute atomic E-state index is 0.00419. The van der Waals surface area contributed by atoms with Crippen LogP contribution in [0.2, 0.25) is 0 Å². The van der Waals surface area contributed by atoms with Crippen molar-refractivity contribution >= 4 is 23.5 Å². The lowest BCUT2D eigenvalue weighted by atomic mass is 9.53. The topological polar surface area (TPSA) is 121 Å². The van der Waals surface area contributed by atoms with E-state index in [1.807, 2.05) is 48.5 Å². The van der Waals surface area contributed by atoms with Crippen LogP contribution >= 0.6 is 11.8 Å². The first-order valence-electron chi connectivity index (χ1n) is 14.7. The number of hydrogen-bond donors (Lipinski definition) is 4. The maximum atomic E-state index is 13.2. The second-order valence-electron chi connectivity index (χ2n) is 12.4. The van der Waals surface area contributed by atoms with Crippen molar-refractivity contribution in [2.24, 2.45) is 17.8 Å². The Morgan fingerprint density at radius 2 is 1.76 bits per heavy atom. The Morgan fingerprint density at radius 1 is 1.00 bits per heavy atom. The van der Waals surface area contributed by atoms with E-state index in [0.717, 1.165) is 64.6 Å². The van der Waals surface area contributed by atoms with E-state index in [9.17, 15) is 9.90 Å². The van der Waals surface area contributed by atoms with Crippen molar-refractivity contribution in [3.8, 4) is 0 Å². The van der Waals surface area contributed by atoms with E-state index >= 15 is 0 Å². The normalized spacial score (nSPS) is 32.1. The Kier molecular flexibility index (Phi) is 7.49. The minimum atomic E-state index is -0.598. The number of anilines is 1. The maximum absolute atomic E-state index is 13.2. The number of nitrogens with one attached hydrogen (secondary N) is 3. The Bertz CT molecular complexity index is 1320. The number of H-pyrrole nitrogens is 1. The molecule has 2 heterocycles. The van der Waals surface area contributed by atoms with Gasteiger partial charge in [-0.1, -0.05) is 48.2 Å². The molecule has 4 aliphatic carbocycles. The van der Waals surface area contributed by atoms with Crippen molar-refractivity contribution in [3.05, 3.63) is 71.5 Å². The highest BCUT2D eigenvalue weighted by atomic mass is 32.2. The third-order valence-electron chi connectivity index (χ3n) is 9.25. The zero-order chi connectivity index (χ0) is 27.8. The fraction of sp³-hybridized carbons (Fsp3) is 0.516. The summed E-state index contributed by atoms with van der Waals surface area (Å²) in [5.41, 5.74) is 3.43. The average Bonchev–Trinajstić information content (AvgIpc) is 3.49. The van der Waals surface area contributed by atoms with E-state index < -0.39 is 6.29 Å². The van der Waals surface area contributed by atoms with Crippen LogP contribution in [-0.2, 0) is 16.1 Å². The number of nitrogens with zero attached hydrogens (tertiary/aromatic N) is 2. The summed E-state index contributed by atoms with van der Waals surface area (Å²) in [6, 6.07) is 15.5. The van der Waals surface area contributed by atoms with Gasteiger partial charge in [-0.3, -0.25) is 5.10 Å². The van der Waals surface area contributed by atoms with Crippen molar-refractivity contribution in [2.45, 2.75) is 80.7 Å². The molecule has 2 amide bonds. The van der Waals surface area contributed by atoms with Gasteiger partial charge in [-0.05, 0) is 79.5 Å². The molecule has 4 N–H and O–H groups in total. The minimum Gasteiger partial charge on any atom is -0.392 e. The molecular weight excluding hydrogens is 538 g/mol. The second kappa shape index (κ2) is 11.4. The van der Waals surface area contributed by atoms with Crippen LogP contribution in [0.5, 0.6) is 0 Å². The number of urea groups is 1. The summed E-state index contributed by atoms with van der Waals surface area (Å²) in [5.74, 6) is 3.00. The number of carbonyl (C=O) groups excluding carboxylic acids is 1. The lowest BCUT2D eigenvalue weighted by Crippen LogP contribution is -2.60. The predicted octanol–water partition coefficient (Wildman–Crippen LogP) is 5.73. The highest BCUT2D eigenvalue weighted by Crippen LogP contribution is 2.55. The summed E-state index contributed by atoms with van der Waals surface area (Å²) in [4.78, 5) is 17.4. The maximum Gasteiger partial charge on any atom is 0.319 e. The molecule has 1 aromatic heterocycles. The zero-order valence-corrected chi connectivity index (χ0v) is 23.8. The van der Waals surface area contributed by atoms with Crippen LogP contribution in [0.4, 0.5) is 10.5 Å². The lowest BCUT2D eigenvalue weighted by Gasteiger charge is -2.56. The molecule has 5 fully saturated rings. The molecule has 0 unspecified atom stereocenters. The van der Waals surface area contributed by atoms with E-state index in [1.165, 1.54) is 25.6 Å². The number of thioether (sulfide) groups is 1. The SMILES string of the molecule is O=C(Nc1cccc([C@H]2O[C@@H](CSc3ncn[nH]3)C[C@@H](c3ccc(CO)cc3)O2)c1)NC12CC3CC(CC(C3)C1)C2. The van der Waals surface area contributed by atoms with Gasteiger partial charge in [0.05, 0.1) is 18.8 Å². The molecule has 4 bridgehead atoms. The molecule has 1 aliphatic heterocycles. The first-order chi connectivity index (χ1) is 20.0. The number of aliphatic hydroxyl groups is 1.